The second-order valence-corrected chi connectivity index (χ2v) is 10.1. The van der Waals surface area contributed by atoms with E-state index in [9.17, 15) is 9.59 Å². The number of carbonyl (C=O) groups excluding carboxylic acids is 2. The van der Waals surface area contributed by atoms with E-state index in [0.717, 1.165) is 45.1 Å². The first-order valence-corrected chi connectivity index (χ1v) is 14.6. The first-order chi connectivity index (χ1) is 21.6. The summed E-state index contributed by atoms with van der Waals surface area (Å²) in [4.78, 5) is 25.5. The molecule has 0 spiro atoms. The lowest BCUT2D eigenvalue weighted by Crippen LogP contribution is -2.05. The fourth-order valence-corrected chi connectivity index (χ4v) is 5.26. The van der Waals surface area contributed by atoms with Gasteiger partial charge in [-0.05, 0) is 91.7 Å². The van der Waals surface area contributed by atoms with Crippen LogP contribution in [0, 0.1) is 0 Å². The van der Waals surface area contributed by atoms with Gasteiger partial charge in [-0.15, -0.1) is 0 Å². The normalized spacial score (nSPS) is 13.5. The minimum absolute atomic E-state index is 0.309. The van der Waals surface area contributed by atoms with E-state index in [-0.39, 0.29) is 5.97 Å². The van der Waals surface area contributed by atoms with Crippen molar-refractivity contribution in [2.24, 2.45) is 0 Å². The van der Waals surface area contributed by atoms with Crippen molar-refractivity contribution in [3.05, 3.63) is 144 Å². The van der Waals surface area contributed by atoms with Crippen LogP contribution in [0.25, 0.3) is 40.0 Å². The highest BCUT2D eigenvalue weighted by atomic mass is 16.5. The quantitative estimate of drug-likeness (QED) is 0.129. The lowest BCUT2D eigenvalue weighted by Gasteiger charge is -2.15. The van der Waals surface area contributed by atoms with E-state index in [0.29, 0.717) is 30.1 Å². The molecule has 0 saturated carbocycles. The van der Waals surface area contributed by atoms with Crippen LogP contribution in [0.1, 0.15) is 35.3 Å². The third-order valence-corrected chi connectivity index (χ3v) is 7.27. The van der Waals surface area contributed by atoms with Gasteiger partial charge in [0, 0.05) is 16.8 Å². The maximum absolute atomic E-state index is 13.1. The molecule has 1 aliphatic rings. The molecule has 4 aromatic carbocycles. The Labute approximate surface area is 256 Å². The van der Waals surface area contributed by atoms with Gasteiger partial charge >= 0.3 is 11.9 Å². The molecule has 2 heterocycles. The molecule has 5 aromatic rings. The van der Waals surface area contributed by atoms with Crippen LogP contribution in [0.5, 0.6) is 5.75 Å². The summed E-state index contributed by atoms with van der Waals surface area (Å²) < 4.78 is 18.6. The predicted molar refractivity (Wildman–Crippen MR) is 172 cm³/mol. The molecule has 6 heteroatoms. The van der Waals surface area contributed by atoms with Crippen molar-refractivity contribution in [2.45, 2.75) is 13.8 Å². The number of cyclic esters (lactones) is 1. The number of benzene rings is 4. The van der Waals surface area contributed by atoms with Crippen molar-refractivity contribution in [1.29, 1.82) is 0 Å². The van der Waals surface area contributed by atoms with Gasteiger partial charge in [-0.1, -0.05) is 60.7 Å². The summed E-state index contributed by atoms with van der Waals surface area (Å²) >= 11 is 0. The molecular formula is C38H31NO5. The Balaban J connectivity index is 1.51. The minimum atomic E-state index is -0.416. The van der Waals surface area contributed by atoms with E-state index >= 15 is 0 Å². The monoisotopic (exact) mass is 581 g/mol. The molecule has 0 fully saturated rings. The summed E-state index contributed by atoms with van der Waals surface area (Å²) in [5.41, 5.74) is 7.23. The third-order valence-electron chi connectivity index (χ3n) is 7.27. The standard InChI is InChI=1S/C38H31NO5/c1-3-42-33-21-17-27(18-22-33)35-25-31(38(41)44-35)23-30-24-34(26-11-7-5-8-12-26)39(36(30)28-13-9-6-10-14-28)32-19-15-29(16-20-32)37(40)43-4-2/h5-25H,3-4H2,1-2H3/b31-23-. The van der Waals surface area contributed by atoms with Crippen LogP contribution in [0.15, 0.2) is 127 Å². The van der Waals surface area contributed by atoms with Crippen molar-refractivity contribution >= 4 is 23.8 Å². The molecule has 6 nitrogen and oxygen atoms in total. The van der Waals surface area contributed by atoms with Crippen LogP contribution < -0.4 is 4.74 Å². The average molecular weight is 582 g/mol. The molecule has 218 valence electrons. The number of aromatic nitrogens is 1. The van der Waals surface area contributed by atoms with E-state index in [2.05, 4.69) is 22.8 Å². The summed E-state index contributed by atoms with van der Waals surface area (Å²) in [5, 5.41) is 0. The van der Waals surface area contributed by atoms with Gasteiger partial charge in [0.1, 0.15) is 11.5 Å². The van der Waals surface area contributed by atoms with Crippen molar-refractivity contribution in [3.8, 4) is 34.0 Å². The first-order valence-electron chi connectivity index (χ1n) is 14.6. The number of hydrogen-bond donors (Lipinski definition) is 0. The lowest BCUT2D eigenvalue weighted by molar-refractivity contribution is -0.130. The van der Waals surface area contributed by atoms with Gasteiger partial charge in [0.15, 0.2) is 0 Å². The van der Waals surface area contributed by atoms with Gasteiger partial charge in [0.05, 0.1) is 35.7 Å². The van der Waals surface area contributed by atoms with Gasteiger partial charge in [0.2, 0.25) is 0 Å². The Hall–Kier alpha value is -5.62. The molecule has 0 atom stereocenters. The maximum atomic E-state index is 13.1. The van der Waals surface area contributed by atoms with Crippen molar-refractivity contribution in [1.82, 2.24) is 4.57 Å². The van der Waals surface area contributed by atoms with E-state index in [4.69, 9.17) is 14.2 Å². The van der Waals surface area contributed by atoms with Crippen LogP contribution in [-0.4, -0.2) is 29.7 Å². The number of rotatable bonds is 9. The first kappa shape index (κ1) is 28.5. The van der Waals surface area contributed by atoms with Crippen molar-refractivity contribution in [2.75, 3.05) is 13.2 Å². The molecule has 0 bridgehead atoms. The van der Waals surface area contributed by atoms with Crippen molar-refractivity contribution < 1.29 is 23.8 Å². The van der Waals surface area contributed by atoms with Crippen LogP contribution in [-0.2, 0) is 14.3 Å². The smallest absolute Gasteiger partial charge is 0.343 e. The predicted octanol–water partition coefficient (Wildman–Crippen LogP) is 8.37. The Morgan fingerprint density at radius 3 is 2.07 bits per heavy atom. The van der Waals surface area contributed by atoms with Crippen LogP contribution >= 0.6 is 0 Å². The summed E-state index contributed by atoms with van der Waals surface area (Å²) in [6.45, 7) is 4.61. The van der Waals surface area contributed by atoms with Gasteiger partial charge in [-0.2, -0.15) is 0 Å². The number of nitrogens with zero attached hydrogens (tertiary/aromatic N) is 1. The van der Waals surface area contributed by atoms with E-state index in [1.54, 1.807) is 25.1 Å². The molecule has 0 amide bonds. The molecule has 0 saturated heterocycles. The fraction of sp³-hybridized carbons (Fsp3) is 0.105. The Bertz CT molecular complexity index is 1850. The topological polar surface area (TPSA) is 66.8 Å². The zero-order valence-electron chi connectivity index (χ0n) is 24.5. The van der Waals surface area contributed by atoms with Crippen LogP contribution in [0.4, 0.5) is 0 Å². The minimum Gasteiger partial charge on any atom is -0.494 e. The molecule has 1 aliphatic heterocycles. The summed E-state index contributed by atoms with van der Waals surface area (Å²) in [6.07, 6.45) is 3.66. The summed E-state index contributed by atoms with van der Waals surface area (Å²) in [5.74, 6) is 0.469. The Morgan fingerprint density at radius 1 is 0.773 bits per heavy atom. The zero-order chi connectivity index (χ0) is 30.5. The molecule has 44 heavy (non-hydrogen) atoms. The summed E-state index contributed by atoms with van der Waals surface area (Å²) in [6, 6.07) is 37.1. The SMILES string of the molecule is CCOC(=O)c1ccc(-n2c(-c3ccccc3)cc(/C=C3/C=C(c4ccc(OCC)cc4)OC3=O)c2-c2ccccc2)cc1. The molecule has 0 aliphatic carbocycles. The Morgan fingerprint density at radius 2 is 1.43 bits per heavy atom. The van der Waals surface area contributed by atoms with Crippen LogP contribution in [0.3, 0.4) is 0 Å². The van der Waals surface area contributed by atoms with Gasteiger partial charge < -0.3 is 18.8 Å². The third kappa shape index (κ3) is 5.83. The second-order valence-electron chi connectivity index (χ2n) is 10.1. The second kappa shape index (κ2) is 12.7. The van der Waals surface area contributed by atoms with Crippen molar-refractivity contribution in [3.63, 3.8) is 0 Å². The molecular weight excluding hydrogens is 550 g/mol. The molecule has 0 unspecified atom stereocenters. The molecule has 0 N–H and O–H groups in total. The number of ether oxygens (including phenoxy) is 3. The molecule has 1 aromatic heterocycles. The molecule has 0 radical (unpaired) electrons. The molecule has 6 rings (SSSR count). The fourth-order valence-electron chi connectivity index (χ4n) is 5.26. The van der Waals surface area contributed by atoms with E-state index in [1.165, 1.54) is 0 Å². The highest BCUT2D eigenvalue weighted by Crippen LogP contribution is 2.38. The Kier molecular flexibility index (Phi) is 8.23. The number of hydrogen-bond acceptors (Lipinski definition) is 5. The largest absolute Gasteiger partial charge is 0.494 e. The van der Waals surface area contributed by atoms with Gasteiger partial charge in [0.25, 0.3) is 0 Å². The van der Waals surface area contributed by atoms with Gasteiger partial charge in [-0.25, -0.2) is 9.59 Å². The zero-order valence-corrected chi connectivity index (χ0v) is 24.5. The highest BCUT2D eigenvalue weighted by molar-refractivity contribution is 6.06. The van der Waals surface area contributed by atoms with E-state index in [1.807, 2.05) is 97.9 Å². The van der Waals surface area contributed by atoms with Crippen LogP contribution in [0.2, 0.25) is 0 Å². The van der Waals surface area contributed by atoms with E-state index < -0.39 is 5.97 Å². The summed E-state index contributed by atoms with van der Waals surface area (Å²) in [7, 11) is 0. The highest BCUT2D eigenvalue weighted by Gasteiger charge is 2.25. The maximum Gasteiger partial charge on any atom is 0.343 e. The number of carbonyl (C=O) groups is 2. The average Bonchev–Trinajstić information content (AvgIpc) is 3.63. The lowest BCUT2D eigenvalue weighted by atomic mass is 10.0. The van der Waals surface area contributed by atoms with Gasteiger partial charge in [-0.3, -0.25) is 0 Å². The number of esters is 2.